The van der Waals surface area contributed by atoms with Gasteiger partial charge in [-0.15, -0.1) is 11.3 Å². The predicted octanol–water partition coefficient (Wildman–Crippen LogP) is 3.83. The van der Waals surface area contributed by atoms with Crippen LogP contribution in [0, 0.1) is 0 Å². The topological polar surface area (TPSA) is 38.3 Å². The SMILES string of the molecule is COc1cccc(CC(C)NC(=O)CCCc2cccs2)c1. The Morgan fingerprint density at radius 2 is 2.18 bits per heavy atom. The molecule has 4 heteroatoms. The van der Waals surface area contributed by atoms with Gasteiger partial charge >= 0.3 is 0 Å². The molecule has 2 rings (SSSR count). The lowest BCUT2D eigenvalue weighted by molar-refractivity contribution is -0.121. The van der Waals surface area contributed by atoms with Gasteiger partial charge in [-0.1, -0.05) is 18.2 Å². The molecule has 1 unspecified atom stereocenters. The van der Waals surface area contributed by atoms with Crippen molar-refractivity contribution in [1.29, 1.82) is 0 Å². The number of ether oxygens (including phenoxy) is 1. The van der Waals surface area contributed by atoms with Crippen LogP contribution in [-0.2, 0) is 17.6 Å². The van der Waals surface area contributed by atoms with Crippen molar-refractivity contribution in [3.8, 4) is 5.75 Å². The third-order valence-electron chi connectivity index (χ3n) is 3.49. The molecule has 22 heavy (non-hydrogen) atoms. The fraction of sp³-hybridized carbons (Fsp3) is 0.389. The molecule has 0 saturated carbocycles. The Kier molecular flexibility index (Phi) is 6.46. The number of carbonyl (C=O) groups is 1. The summed E-state index contributed by atoms with van der Waals surface area (Å²) in [6.07, 6.45) is 3.28. The highest BCUT2D eigenvalue weighted by molar-refractivity contribution is 7.09. The minimum absolute atomic E-state index is 0.126. The molecule has 0 saturated heterocycles. The first kappa shape index (κ1) is 16.6. The van der Waals surface area contributed by atoms with Crippen LogP contribution in [0.2, 0.25) is 0 Å². The number of rotatable bonds is 8. The number of carbonyl (C=O) groups excluding carboxylic acids is 1. The van der Waals surface area contributed by atoms with Gasteiger partial charge in [-0.3, -0.25) is 4.79 Å². The zero-order chi connectivity index (χ0) is 15.8. The van der Waals surface area contributed by atoms with Crippen LogP contribution in [0.3, 0.4) is 0 Å². The first-order chi connectivity index (χ1) is 10.7. The number of nitrogens with one attached hydrogen (secondary N) is 1. The van der Waals surface area contributed by atoms with Crippen LogP contribution in [0.5, 0.6) is 5.75 Å². The maximum Gasteiger partial charge on any atom is 0.220 e. The third kappa shape index (κ3) is 5.53. The Morgan fingerprint density at radius 1 is 1.32 bits per heavy atom. The third-order valence-corrected chi connectivity index (χ3v) is 4.43. The summed E-state index contributed by atoms with van der Waals surface area (Å²) in [5, 5.41) is 5.14. The van der Waals surface area contributed by atoms with Crippen LogP contribution >= 0.6 is 11.3 Å². The second kappa shape index (κ2) is 8.59. The zero-order valence-electron chi connectivity index (χ0n) is 13.2. The lowest BCUT2D eigenvalue weighted by Crippen LogP contribution is -2.33. The van der Waals surface area contributed by atoms with E-state index in [1.165, 1.54) is 10.4 Å². The molecule has 2 aromatic rings. The first-order valence-corrected chi connectivity index (χ1v) is 8.50. The predicted molar refractivity (Wildman–Crippen MR) is 91.6 cm³/mol. The highest BCUT2D eigenvalue weighted by Gasteiger charge is 2.09. The zero-order valence-corrected chi connectivity index (χ0v) is 14.0. The van der Waals surface area contributed by atoms with Crippen LogP contribution in [-0.4, -0.2) is 19.1 Å². The Hall–Kier alpha value is -1.81. The smallest absolute Gasteiger partial charge is 0.220 e. The molecular weight excluding hydrogens is 294 g/mol. The molecule has 0 radical (unpaired) electrons. The van der Waals surface area contributed by atoms with Crippen LogP contribution < -0.4 is 10.1 Å². The fourth-order valence-corrected chi connectivity index (χ4v) is 3.18. The Balaban J connectivity index is 1.71. The molecule has 0 bridgehead atoms. The largest absolute Gasteiger partial charge is 0.497 e. The van der Waals surface area contributed by atoms with Gasteiger partial charge in [0.05, 0.1) is 7.11 Å². The summed E-state index contributed by atoms with van der Waals surface area (Å²) < 4.78 is 5.22. The number of methoxy groups -OCH3 is 1. The summed E-state index contributed by atoms with van der Waals surface area (Å²) >= 11 is 1.75. The number of aryl methyl sites for hydroxylation is 1. The molecule has 0 aliphatic rings. The van der Waals surface area contributed by atoms with Gasteiger partial charge < -0.3 is 10.1 Å². The van der Waals surface area contributed by atoms with Gasteiger partial charge in [-0.05, 0) is 55.3 Å². The summed E-state index contributed by atoms with van der Waals surface area (Å²) in [7, 11) is 1.66. The van der Waals surface area contributed by atoms with E-state index in [9.17, 15) is 4.79 Å². The number of hydrogen-bond donors (Lipinski definition) is 1. The van der Waals surface area contributed by atoms with Gasteiger partial charge in [-0.25, -0.2) is 0 Å². The van der Waals surface area contributed by atoms with Crippen molar-refractivity contribution in [2.45, 2.75) is 38.6 Å². The van der Waals surface area contributed by atoms with E-state index in [4.69, 9.17) is 4.74 Å². The quantitative estimate of drug-likeness (QED) is 0.803. The second-order valence-electron chi connectivity index (χ2n) is 5.46. The molecule has 0 spiro atoms. The highest BCUT2D eigenvalue weighted by Crippen LogP contribution is 2.14. The lowest BCUT2D eigenvalue weighted by atomic mass is 10.1. The monoisotopic (exact) mass is 317 g/mol. The van der Waals surface area contributed by atoms with Crippen molar-refractivity contribution in [1.82, 2.24) is 5.32 Å². The summed E-state index contributed by atoms with van der Waals surface area (Å²) in [6, 6.07) is 12.3. The minimum Gasteiger partial charge on any atom is -0.497 e. The minimum atomic E-state index is 0.126. The van der Waals surface area contributed by atoms with Crippen LogP contribution in [0.25, 0.3) is 0 Å². The van der Waals surface area contributed by atoms with Crippen molar-refractivity contribution in [2.24, 2.45) is 0 Å². The van der Waals surface area contributed by atoms with E-state index < -0.39 is 0 Å². The number of benzene rings is 1. The average Bonchev–Trinajstić information content (AvgIpc) is 3.00. The molecule has 118 valence electrons. The van der Waals surface area contributed by atoms with E-state index in [0.717, 1.165) is 25.0 Å². The van der Waals surface area contributed by atoms with Crippen molar-refractivity contribution in [3.05, 3.63) is 52.2 Å². The average molecular weight is 317 g/mol. The van der Waals surface area contributed by atoms with Crippen LogP contribution in [0.4, 0.5) is 0 Å². The van der Waals surface area contributed by atoms with Gasteiger partial charge in [0.1, 0.15) is 5.75 Å². The number of amides is 1. The fourth-order valence-electron chi connectivity index (χ4n) is 2.43. The highest BCUT2D eigenvalue weighted by atomic mass is 32.1. The number of hydrogen-bond acceptors (Lipinski definition) is 3. The second-order valence-corrected chi connectivity index (χ2v) is 6.49. The molecule has 1 N–H and O–H groups in total. The van der Waals surface area contributed by atoms with Gasteiger partial charge in [0.2, 0.25) is 5.91 Å². The molecule has 0 aliphatic heterocycles. The van der Waals surface area contributed by atoms with Crippen LogP contribution in [0.15, 0.2) is 41.8 Å². The normalized spacial score (nSPS) is 11.9. The molecule has 0 fully saturated rings. The van der Waals surface area contributed by atoms with Gasteiger partial charge in [0.15, 0.2) is 0 Å². The Bertz CT molecular complexity index is 581. The molecule has 3 nitrogen and oxygen atoms in total. The summed E-state index contributed by atoms with van der Waals surface area (Å²) in [6.45, 7) is 2.04. The van der Waals surface area contributed by atoms with Crippen molar-refractivity contribution in [2.75, 3.05) is 7.11 Å². The van der Waals surface area contributed by atoms with E-state index in [1.807, 2.05) is 25.1 Å². The summed E-state index contributed by atoms with van der Waals surface area (Å²) in [4.78, 5) is 13.3. The van der Waals surface area contributed by atoms with Crippen molar-refractivity contribution in [3.63, 3.8) is 0 Å². The maximum absolute atomic E-state index is 12.0. The molecule has 1 atom stereocenters. The Labute approximate surface area is 136 Å². The van der Waals surface area contributed by atoms with E-state index in [0.29, 0.717) is 6.42 Å². The van der Waals surface area contributed by atoms with Crippen LogP contribution in [0.1, 0.15) is 30.2 Å². The van der Waals surface area contributed by atoms with Gasteiger partial charge in [0.25, 0.3) is 0 Å². The molecule has 1 amide bonds. The lowest BCUT2D eigenvalue weighted by Gasteiger charge is -2.14. The van der Waals surface area contributed by atoms with E-state index >= 15 is 0 Å². The first-order valence-electron chi connectivity index (χ1n) is 7.62. The van der Waals surface area contributed by atoms with Crippen molar-refractivity contribution < 1.29 is 9.53 Å². The van der Waals surface area contributed by atoms with E-state index in [2.05, 4.69) is 28.9 Å². The molecular formula is C18H23NO2S. The molecule has 1 heterocycles. The summed E-state index contributed by atoms with van der Waals surface area (Å²) in [5.41, 5.74) is 1.17. The number of thiophene rings is 1. The standard InChI is InChI=1S/C18H23NO2S/c1-14(12-15-6-3-7-16(13-15)21-2)19-18(20)10-4-8-17-9-5-11-22-17/h3,5-7,9,11,13-14H,4,8,10,12H2,1-2H3,(H,19,20). The molecule has 0 aliphatic carbocycles. The van der Waals surface area contributed by atoms with Crippen molar-refractivity contribution >= 4 is 17.2 Å². The van der Waals surface area contributed by atoms with Gasteiger partial charge in [-0.2, -0.15) is 0 Å². The maximum atomic E-state index is 12.0. The van der Waals surface area contributed by atoms with E-state index in [-0.39, 0.29) is 11.9 Å². The Morgan fingerprint density at radius 3 is 2.91 bits per heavy atom. The van der Waals surface area contributed by atoms with E-state index in [1.54, 1.807) is 18.4 Å². The summed E-state index contributed by atoms with van der Waals surface area (Å²) in [5.74, 6) is 0.985. The molecule has 1 aromatic carbocycles. The van der Waals surface area contributed by atoms with Gasteiger partial charge in [0, 0.05) is 17.3 Å². The molecule has 1 aromatic heterocycles.